The number of aliphatic hydroxyl groups is 1. The van der Waals surface area contributed by atoms with Gasteiger partial charge in [-0.2, -0.15) is 0 Å². The molecule has 1 amide bonds. The highest BCUT2D eigenvalue weighted by atomic mass is 35.5. The highest BCUT2D eigenvalue weighted by Crippen LogP contribution is 2.46. The van der Waals surface area contributed by atoms with Gasteiger partial charge in [-0.1, -0.05) is 93.0 Å². The summed E-state index contributed by atoms with van der Waals surface area (Å²) in [6.45, 7) is 8.20. The largest absolute Gasteiger partial charge is 0.507 e. The van der Waals surface area contributed by atoms with Crippen molar-refractivity contribution >= 4 is 45.5 Å². The second-order valence-electron chi connectivity index (χ2n) is 10.9. The van der Waals surface area contributed by atoms with E-state index in [1.54, 1.807) is 12.1 Å². The van der Waals surface area contributed by atoms with Gasteiger partial charge in [-0.05, 0) is 52.6 Å². The Bertz CT molecular complexity index is 1640. The van der Waals surface area contributed by atoms with E-state index < -0.39 is 17.7 Å². The number of ether oxygens (including phenoxy) is 1. The summed E-state index contributed by atoms with van der Waals surface area (Å²) in [6, 6.07) is 23.8. The third-order valence-electron chi connectivity index (χ3n) is 7.21. The zero-order valence-corrected chi connectivity index (χ0v) is 23.3. The van der Waals surface area contributed by atoms with Crippen LogP contribution in [0.25, 0.3) is 16.5 Å². The topological polar surface area (TPSA) is 66.8 Å². The maximum Gasteiger partial charge on any atom is 0.300 e. The molecule has 1 N–H and O–H groups in total. The van der Waals surface area contributed by atoms with E-state index in [9.17, 15) is 14.7 Å². The van der Waals surface area contributed by atoms with Crippen molar-refractivity contribution in [3.05, 3.63) is 112 Å². The van der Waals surface area contributed by atoms with Crippen LogP contribution in [0.2, 0.25) is 5.02 Å². The van der Waals surface area contributed by atoms with Crippen LogP contribution in [0.5, 0.6) is 5.75 Å². The number of carbonyl (C=O) groups is 2. The van der Waals surface area contributed by atoms with Crippen LogP contribution in [-0.4, -0.2) is 23.9 Å². The summed E-state index contributed by atoms with van der Waals surface area (Å²) in [5, 5.41) is 13.8. The number of Topliss-reactive ketones (excluding diaryl/α,β-unsaturated/α-hetero) is 1. The molecule has 5 nitrogen and oxygen atoms in total. The van der Waals surface area contributed by atoms with E-state index in [1.165, 1.54) is 12.0 Å². The van der Waals surface area contributed by atoms with Crippen molar-refractivity contribution in [3.63, 3.8) is 0 Å². The molecule has 4 aromatic rings. The van der Waals surface area contributed by atoms with E-state index in [0.29, 0.717) is 16.3 Å². The Labute approximate surface area is 233 Å². The first-order valence-electron chi connectivity index (χ1n) is 12.8. The number of halogens is 1. The number of ketones is 1. The van der Waals surface area contributed by atoms with Crippen molar-refractivity contribution in [2.45, 2.75) is 39.2 Å². The zero-order chi connectivity index (χ0) is 28.1. The van der Waals surface area contributed by atoms with E-state index in [2.05, 4.69) is 20.8 Å². The summed E-state index contributed by atoms with van der Waals surface area (Å²) in [6.07, 6.45) is 0. The number of hydrogen-bond acceptors (Lipinski definition) is 4. The van der Waals surface area contributed by atoms with E-state index in [-0.39, 0.29) is 28.1 Å². The molecule has 1 unspecified atom stereocenters. The molecule has 0 spiro atoms. The Hall–Kier alpha value is -4.09. The van der Waals surface area contributed by atoms with Crippen molar-refractivity contribution in [1.29, 1.82) is 0 Å². The molecule has 0 bridgehead atoms. The van der Waals surface area contributed by atoms with Gasteiger partial charge in [0.15, 0.2) is 0 Å². The zero-order valence-electron chi connectivity index (χ0n) is 22.6. The highest BCUT2D eigenvalue weighted by molar-refractivity contribution is 6.52. The molecule has 1 atom stereocenters. The molecule has 1 aliphatic rings. The quantitative estimate of drug-likeness (QED) is 0.164. The lowest BCUT2D eigenvalue weighted by Gasteiger charge is -2.27. The molecule has 6 heteroatoms. The molecule has 1 heterocycles. The summed E-state index contributed by atoms with van der Waals surface area (Å²) in [5.41, 5.74) is 3.34. The number of rotatable bonds is 4. The average Bonchev–Trinajstić information content (AvgIpc) is 3.17. The first kappa shape index (κ1) is 26.5. The number of anilines is 1. The molecule has 4 aromatic carbocycles. The van der Waals surface area contributed by atoms with Crippen molar-refractivity contribution in [2.24, 2.45) is 0 Å². The Balaban J connectivity index is 1.80. The highest BCUT2D eigenvalue weighted by Gasteiger charge is 2.47. The lowest BCUT2D eigenvalue weighted by molar-refractivity contribution is -0.132. The van der Waals surface area contributed by atoms with Gasteiger partial charge in [0.05, 0.1) is 35.0 Å². The molecule has 198 valence electrons. The van der Waals surface area contributed by atoms with Crippen LogP contribution < -0.4 is 9.64 Å². The SMILES string of the molecule is COc1c(Cl)cc(C)cc1/C(O)=C1\C(=O)C(=O)N(c2cccc3ccccc23)C1c1ccc(C(C)(C)C)cc1. The van der Waals surface area contributed by atoms with Gasteiger partial charge in [-0.25, -0.2) is 0 Å². The minimum Gasteiger partial charge on any atom is -0.507 e. The Morgan fingerprint density at radius 3 is 2.28 bits per heavy atom. The minimum atomic E-state index is -0.867. The fourth-order valence-electron chi connectivity index (χ4n) is 5.24. The summed E-state index contributed by atoms with van der Waals surface area (Å²) >= 11 is 6.43. The van der Waals surface area contributed by atoms with Gasteiger partial charge >= 0.3 is 0 Å². The van der Waals surface area contributed by atoms with Crippen molar-refractivity contribution in [1.82, 2.24) is 0 Å². The first-order valence-corrected chi connectivity index (χ1v) is 13.1. The van der Waals surface area contributed by atoms with Crippen molar-refractivity contribution < 1.29 is 19.4 Å². The number of amides is 1. The van der Waals surface area contributed by atoms with Crippen LogP contribution in [0.15, 0.2) is 84.4 Å². The summed E-state index contributed by atoms with van der Waals surface area (Å²) in [4.78, 5) is 29.0. The van der Waals surface area contributed by atoms with Crippen LogP contribution in [0, 0.1) is 6.92 Å². The van der Waals surface area contributed by atoms with Gasteiger partial charge in [0, 0.05) is 5.39 Å². The maximum atomic E-state index is 13.8. The predicted molar refractivity (Wildman–Crippen MR) is 157 cm³/mol. The molecule has 1 saturated heterocycles. The van der Waals surface area contributed by atoms with Gasteiger partial charge in [-0.15, -0.1) is 0 Å². The van der Waals surface area contributed by atoms with Crippen molar-refractivity contribution in [3.8, 4) is 5.75 Å². The number of nitrogens with zero attached hydrogens (tertiary/aromatic N) is 1. The number of aryl methyl sites for hydroxylation is 1. The van der Waals surface area contributed by atoms with Crippen LogP contribution in [0.4, 0.5) is 5.69 Å². The second kappa shape index (κ2) is 9.90. The molecule has 1 fully saturated rings. The molecule has 39 heavy (non-hydrogen) atoms. The predicted octanol–water partition coefficient (Wildman–Crippen LogP) is 7.73. The van der Waals surface area contributed by atoms with Crippen LogP contribution >= 0.6 is 11.6 Å². The first-order chi connectivity index (χ1) is 18.5. The lowest BCUT2D eigenvalue weighted by atomic mass is 9.85. The number of hydrogen-bond donors (Lipinski definition) is 1. The van der Waals surface area contributed by atoms with Crippen LogP contribution in [0.3, 0.4) is 0 Å². The Morgan fingerprint density at radius 1 is 0.949 bits per heavy atom. The molecular formula is C33H30ClNO4. The summed E-state index contributed by atoms with van der Waals surface area (Å²) < 4.78 is 5.50. The lowest BCUT2D eigenvalue weighted by Crippen LogP contribution is -2.29. The molecule has 0 aromatic heterocycles. The number of carbonyl (C=O) groups excluding carboxylic acids is 2. The monoisotopic (exact) mass is 539 g/mol. The molecule has 0 saturated carbocycles. The summed E-state index contributed by atoms with van der Waals surface area (Å²) in [5.74, 6) is -1.58. The normalized spacial score (nSPS) is 17.2. The third kappa shape index (κ3) is 4.57. The second-order valence-corrected chi connectivity index (χ2v) is 11.3. The number of methoxy groups -OCH3 is 1. The number of fused-ring (bicyclic) bond motifs is 1. The van der Waals surface area contributed by atoms with Crippen molar-refractivity contribution in [2.75, 3.05) is 12.0 Å². The van der Waals surface area contributed by atoms with Gasteiger partial charge in [0.1, 0.15) is 11.5 Å². The number of benzene rings is 4. The Morgan fingerprint density at radius 2 is 1.62 bits per heavy atom. The van der Waals surface area contributed by atoms with Gasteiger partial charge in [-0.3, -0.25) is 14.5 Å². The number of aliphatic hydroxyl groups excluding tert-OH is 1. The molecule has 1 aliphatic heterocycles. The fourth-order valence-corrected chi connectivity index (χ4v) is 5.59. The average molecular weight is 540 g/mol. The molecule has 5 rings (SSSR count). The molecule has 0 radical (unpaired) electrons. The van der Waals surface area contributed by atoms with Gasteiger partial charge < -0.3 is 9.84 Å². The standard InChI is InChI=1S/C33H30ClNO4/c1-19-17-24(31(39-5)25(34)18-19)29(36)27-28(21-13-15-22(16-14-21)33(2,3)4)35(32(38)30(27)37)26-12-8-10-20-9-6-7-11-23(20)26/h6-18,28,36H,1-5H3/b29-27+. The van der Waals surface area contributed by atoms with Crippen LogP contribution in [-0.2, 0) is 15.0 Å². The van der Waals surface area contributed by atoms with E-state index in [1.807, 2.05) is 73.7 Å². The smallest absolute Gasteiger partial charge is 0.300 e. The van der Waals surface area contributed by atoms with Gasteiger partial charge in [0.2, 0.25) is 0 Å². The van der Waals surface area contributed by atoms with E-state index >= 15 is 0 Å². The minimum absolute atomic E-state index is 0.0172. The van der Waals surface area contributed by atoms with Gasteiger partial charge in [0.25, 0.3) is 11.7 Å². The third-order valence-corrected chi connectivity index (χ3v) is 7.49. The van der Waals surface area contributed by atoms with E-state index in [4.69, 9.17) is 16.3 Å². The molecular weight excluding hydrogens is 510 g/mol. The molecule has 0 aliphatic carbocycles. The Kier molecular flexibility index (Phi) is 6.73. The van der Waals surface area contributed by atoms with Crippen LogP contribution in [0.1, 0.15) is 49.1 Å². The summed E-state index contributed by atoms with van der Waals surface area (Å²) in [7, 11) is 1.45. The van der Waals surface area contributed by atoms with E-state index in [0.717, 1.165) is 21.9 Å². The maximum absolute atomic E-state index is 13.8. The fraction of sp³-hybridized carbons (Fsp3) is 0.212.